The highest BCUT2D eigenvalue weighted by Crippen LogP contribution is 2.38. The van der Waals surface area contributed by atoms with Gasteiger partial charge in [-0.1, -0.05) is 31.5 Å². The van der Waals surface area contributed by atoms with Gasteiger partial charge >= 0.3 is 5.97 Å². The van der Waals surface area contributed by atoms with Gasteiger partial charge in [0.2, 0.25) is 0 Å². The fourth-order valence-electron chi connectivity index (χ4n) is 4.00. The molecule has 0 N–H and O–H groups in total. The third kappa shape index (κ3) is 4.06. The Kier molecular flexibility index (Phi) is 5.81. The Balaban J connectivity index is 1.66. The number of esters is 1. The summed E-state index contributed by atoms with van der Waals surface area (Å²) in [5.74, 6) is -2.79. The molecule has 0 unspecified atom stereocenters. The second kappa shape index (κ2) is 8.69. The Morgan fingerprint density at radius 1 is 1.06 bits per heavy atom. The van der Waals surface area contributed by atoms with Gasteiger partial charge in [-0.15, -0.1) is 0 Å². The average molecular weight is 417 g/mol. The Morgan fingerprint density at radius 3 is 2.55 bits per heavy atom. The number of nitriles is 1. The molecule has 3 aromatic rings. The molecule has 1 aliphatic rings. The van der Waals surface area contributed by atoms with Crippen LogP contribution in [0, 0.1) is 23.0 Å². The Morgan fingerprint density at radius 2 is 1.84 bits per heavy atom. The summed E-state index contributed by atoms with van der Waals surface area (Å²) < 4.78 is 35.3. The van der Waals surface area contributed by atoms with Crippen molar-refractivity contribution in [3.8, 4) is 22.9 Å². The Labute approximate surface area is 179 Å². The van der Waals surface area contributed by atoms with Crippen molar-refractivity contribution in [3.05, 3.63) is 88.0 Å². The molecule has 0 saturated heterocycles. The first kappa shape index (κ1) is 20.7. The predicted molar refractivity (Wildman–Crippen MR) is 114 cm³/mol. The molecule has 0 saturated carbocycles. The largest absolute Gasteiger partial charge is 0.423 e. The molecule has 0 aromatic heterocycles. The van der Waals surface area contributed by atoms with Gasteiger partial charge in [0.1, 0.15) is 22.9 Å². The molecule has 1 aliphatic carbocycles. The maximum Gasteiger partial charge on any atom is 0.349 e. The van der Waals surface area contributed by atoms with Gasteiger partial charge in [0.05, 0.1) is 11.6 Å². The smallest absolute Gasteiger partial charge is 0.349 e. The van der Waals surface area contributed by atoms with E-state index in [4.69, 9.17) is 10.00 Å². The highest BCUT2D eigenvalue weighted by molar-refractivity contribution is 5.93. The summed E-state index contributed by atoms with van der Waals surface area (Å²) in [5, 5.41) is 8.84. The summed E-state index contributed by atoms with van der Waals surface area (Å²) in [6.07, 6.45) is 4.22. The van der Waals surface area contributed by atoms with Crippen LogP contribution in [0.1, 0.15) is 52.4 Å². The summed E-state index contributed by atoms with van der Waals surface area (Å²) in [5.41, 5.74) is 3.65. The van der Waals surface area contributed by atoms with E-state index >= 15 is 4.39 Å². The van der Waals surface area contributed by atoms with E-state index in [1.165, 1.54) is 35.9 Å². The van der Waals surface area contributed by atoms with E-state index in [2.05, 4.69) is 13.0 Å². The van der Waals surface area contributed by atoms with Gasteiger partial charge in [0.15, 0.2) is 0 Å². The van der Waals surface area contributed by atoms with Crippen molar-refractivity contribution in [2.75, 3.05) is 0 Å². The van der Waals surface area contributed by atoms with Crippen molar-refractivity contribution >= 4 is 5.97 Å². The van der Waals surface area contributed by atoms with Gasteiger partial charge in [-0.2, -0.15) is 5.26 Å². The molecular weight excluding hydrogens is 396 g/mol. The average Bonchev–Trinajstić information content (AvgIpc) is 2.77. The fraction of sp³-hybridized carbons (Fsp3) is 0.231. The van der Waals surface area contributed by atoms with Crippen molar-refractivity contribution < 1.29 is 18.3 Å². The quantitative estimate of drug-likeness (QED) is 0.369. The third-order valence-electron chi connectivity index (χ3n) is 5.64. The summed E-state index contributed by atoms with van der Waals surface area (Å²) >= 11 is 0. The van der Waals surface area contributed by atoms with Crippen molar-refractivity contribution in [3.63, 3.8) is 0 Å². The highest BCUT2D eigenvalue weighted by Gasteiger charge is 2.28. The molecule has 4 rings (SSSR count). The fourth-order valence-corrected chi connectivity index (χ4v) is 4.00. The molecule has 0 amide bonds. The molecule has 0 bridgehead atoms. The van der Waals surface area contributed by atoms with Crippen molar-refractivity contribution in [2.24, 2.45) is 0 Å². The van der Waals surface area contributed by atoms with Crippen LogP contribution in [0.25, 0.3) is 11.1 Å². The molecular formula is C26H21F2NO2. The normalized spacial score (nSPS) is 11.9. The van der Waals surface area contributed by atoms with Crippen molar-refractivity contribution in [1.29, 1.82) is 5.26 Å². The molecule has 31 heavy (non-hydrogen) atoms. The number of benzene rings is 3. The van der Waals surface area contributed by atoms with Gasteiger partial charge in [-0.05, 0) is 83.8 Å². The highest BCUT2D eigenvalue weighted by atomic mass is 19.1. The van der Waals surface area contributed by atoms with Crippen LogP contribution in [0.5, 0.6) is 5.75 Å². The third-order valence-corrected chi connectivity index (χ3v) is 5.64. The lowest BCUT2D eigenvalue weighted by Gasteiger charge is -2.22. The molecule has 0 radical (unpaired) electrons. The van der Waals surface area contributed by atoms with Crippen LogP contribution in [-0.4, -0.2) is 5.97 Å². The topological polar surface area (TPSA) is 50.1 Å². The minimum atomic E-state index is -1.09. The summed E-state index contributed by atoms with van der Waals surface area (Å²) in [6.45, 7) is 2.14. The SMILES string of the molecule is CCCCc1ccc2c(c1)CCc1c-2cc(F)c(C(=O)Oc2ccc(C#N)cc2)c1F. The Hall–Kier alpha value is -3.52. The number of carbonyl (C=O) groups is 1. The molecule has 0 heterocycles. The van der Waals surface area contributed by atoms with E-state index in [9.17, 15) is 9.18 Å². The first-order chi connectivity index (χ1) is 15.0. The zero-order valence-electron chi connectivity index (χ0n) is 17.2. The molecule has 0 spiro atoms. The zero-order chi connectivity index (χ0) is 22.0. The number of unbranched alkanes of at least 4 members (excludes halogenated alkanes) is 1. The standard InChI is InChI=1S/C26H21F2NO2/c1-2-3-4-16-7-11-20-18(13-16)8-12-21-22(20)14-23(27)24(25(21)28)26(30)31-19-9-5-17(15-29)6-10-19/h5-7,9-11,13-14H,2-4,8,12H2,1H3. The van der Waals surface area contributed by atoms with Gasteiger partial charge < -0.3 is 4.74 Å². The van der Waals surface area contributed by atoms with Crippen LogP contribution in [0.4, 0.5) is 8.78 Å². The van der Waals surface area contributed by atoms with E-state index in [1.54, 1.807) is 0 Å². The van der Waals surface area contributed by atoms with Crippen LogP contribution in [0.2, 0.25) is 0 Å². The van der Waals surface area contributed by atoms with Crippen molar-refractivity contribution in [1.82, 2.24) is 0 Å². The van der Waals surface area contributed by atoms with Gasteiger partial charge in [-0.3, -0.25) is 0 Å². The van der Waals surface area contributed by atoms with E-state index in [0.29, 0.717) is 29.5 Å². The number of carbonyl (C=O) groups excluding carboxylic acids is 1. The van der Waals surface area contributed by atoms with E-state index < -0.39 is 23.2 Å². The second-order valence-electron chi connectivity index (χ2n) is 7.69. The first-order valence-electron chi connectivity index (χ1n) is 10.4. The van der Waals surface area contributed by atoms with Crippen LogP contribution < -0.4 is 4.74 Å². The minimum absolute atomic E-state index is 0.116. The lowest BCUT2D eigenvalue weighted by atomic mass is 9.83. The Bertz CT molecular complexity index is 1190. The number of hydrogen-bond acceptors (Lipinski definition) is 3. The predicted octanol–water partition coefficient (Wildman–Crippen LogP) is 6.16. The summed E-state index contributed by atoms with van der Waals surface area (Å²) in [4.78, 5) is 12.5. The van der Waals surface area contributed by atoms with Crippen LogP contribution >= 0.6 is 0 Å². The number of hydrogen-bond donors (Lipinski definition) is 0. The van der Waals surface area contributed by atoms with Crippen LogP contribution in [0.3, 0.4) is 0 Å². The van der Waals surface area contributed by atoms with Crippen molar-refractivity contribution in [2.45, 2.75) is 39.0 Å². The molecule has 5 heteroatoms. The monoisotopic (exact) mass is 417 g/mol. The molecule has 3 nitrogen and oxygen atoms in total. The minimum Gasteiger partial charge on any atom is -0.423 e. The second-order valence-corrected chi connectivity index (χ2v) is 7.69. The zero-order valence-corrected chi connectivity index (χ0v) is 17.2. The first-order valence-corrected chi connectivity index (χ1v) is 10.4. The maximum absolute atomic E-state index is 15.2. The number of aryl methyl sites for hydroxylation is 2. The number of fused-ring (bicyclic) bond motifs is 3. The van der Waals surface area contributed by atoms with Crippen LogP contribution in [0.15, 0.2) is 48.5 Å². The van der Waals surface area contributed by atoms with E-state index in [-0.39, 0.29) is 5.75 Å². The molecule has 3 aromatic carbocycles. The van der Waals surface area contributed by atoms with E-state index in [1.807, 2.05) is 18.2 Å². The van der Waals surface area contributed by atoms with Crippen LogP contribution in [-0.2, 0) is 19.3 Å². The number of rotatable bonds is 5. The number of ether oxygens (including phenoxy) is 1. The molecule has 0 fully saturated rings. The lowest BCUT2D eigenvalue weighted by molar-refractivity contribution is 0.0724. The molecule has 0 aliphatic heterocycles. The van der Waals surface area contributed by atoms with Gasteiger partial charge in [0.25, 0.3) is 0 Å². The van der Waals surface area contributed by atoms with Gasteiger partial charge in [-0.25, -0.2) is 13.6 Å². The van der Waals surface area contributed by atoms with E-state index in [0.717, 1.165) is 30.4 Å². The lowest BCUT2D eigenvalue weighted by Crippen LogP contribution is -2.17. The molecule has 156 valence electrons. The molecule has 0 atom stereocenters. The summed E-state index contributed by atoms with van der Waals surface area (Å²) in [7, 11) is 0. The number of nitrogens with zero attached hydrogens (tertiary/aromatic N) is 1. The number of halogens is 2. The van der Waals surface area contributed by atoms with Gasteiger partial charge in [0, 0.05) is 0 Å². The summed E-state index contributed by atoms with van der Waals surface area (Å²) in [6, 6.07) is 15.0. The maximum atomic E-state index is 15.2.